The lowest BCUT2D eigenvalue weighted by atomic mass is 10.0. The number of hydrogen-bond acceptors (Lipinski definition) is 11. The van der Waals surface area contributed by atoms with Gasteiger partial charge in [-0.1, -0.05) is 29.9 Å². The Bertz CT molecular complexity index is 1100. The minimum Gasteiger partial charge on any atom is -0.477 e. The Morgan fingerprint density at radius 1 is 1.55 bits per heavy atom. The summed E-state index contributed by atoms with van der Waals surface area (Å²) in [5.74, 6) is -2.47. The van der Waals surface area contributed by atoms with Gasteiger partial charge in [0.1, 0.15) is 35.8 Å². The molecule has 3 rings (SSSR count). The Balaban J connectivity index is 1.82. The predicted octanol–water partition coefficient (Wildman–Crippen LogP) is 0.735. The van der Waals surface area contributed by atoms with Gasteiger partial charge in [-0.15, -0.1) is 23.1 Å². The molecule has 3 heterocycles. The molecule has 1 fully saturated rings. The van der Waals surface area contributed by atoms with E-state index in [1.807, 2.05) is 6.92 Å². The van der Waals surface area contributed by atoms with Crippen molar-refractivity contribution in [2.45, 2.75) is 24.8 Å². The van der Waals surface area contributed by atoms with Gasteiger partial charge in [-0.05, 0) is 6.42 Å². The lowest BCUT2D eigenvalue weighted by Gasteiger charge is -2.49. The van der Waals surface area contributed by atoms with Crippen LogP contribution in [0.25, 0.3) is 0 Å². The normalized spacial score (nSPS) is 20.8. The van der Waals surface area contributed by atoms with E-state index in [2.05, 4.69) is 15.5 Å². The number of carbonyl (C=O) groups is 3. The first-order chi connectivity index (χ1) is 15.7. The Hall–Kier alpha value is -3.04. The number of carboxylic acid groups (broad SMARTS) is 1. The van der Waals surface area contributed by atoms with E-state index in [0.717, 1.165) is 28.0 Å². The molecule has 0 spiro atoms. The maximum absolute atomic E-state index is 12.9. The second-order valence-electron chi connectivity index (χ2n) is 6.62. The smallest absolute Gasteiger partial charge is 0.353 e. The first-order valence-corrected chi connectivity index (χ1v) is 12.2. The van der Waals surface area contributed by atoms with Gasteiger partial charge in [-0.2, -0.15) is 0 Å². The number of nitrogens with zero attached hydrogens (tertiary/aromatic N) is 3. The van der Waals surface area contributed by atoms with Crippen LogP contribution >= 0.6 is 34.9 Å². The summed E-state index contributed by atoms with van der Waals surface area (Å²) >= 11 is 3.47. The summed E-state index contributed by atoms with van der Waals surface area (Å²) in [5, 5.41) is 24.9. The third-order valence-electron chi connectivity index (χ3n) is 4.47. The summed E-state index contributed by atoms with van der Waals surface area (Å²) in [6.45, 7) is 1.87. The first kappa shape index (κ1) is 24.6. The number of thioether (sulfide) groups is 2. The molecule has 7 N–H and O–H groups in total. The van der Waals surface area contributed by atoms with Gasteiger partial charge in [0.2, 0.25) is 0 Å². The number of carbonyl (C=O) groups excluding carboxylic acids is 2. The molecule has 2 unspecified atom stereocenters. The van der Waals surface area contributed by atoms with Crippen molar-refractivity contribution in [1.29, 1.82) is 5.41 Å². The number of amides is 2. The monoisotopic (exact) mass is 511 g/mol. The fourth-order valence-corrected chi connectivity index (χ4v) is 6.19. The van der Waals surface area contributed by atoms with Gasteiger partial charge in [0, 0.05) is 20.9 Å². The van der Waals surface area contributed by atoms with Crippen molar-refractivity contribution < 1.29 is 24.3 Å². The van der Waals surface area contributed by atoms with Crippen molar-refractivity contribution in [3.63, 3.8) is 0 Å². The molecular formula is C18H21N7O5S3. The van der Waals surface area contributed by atoms with Gasteiger partial charge < -0.3 is 26.7 Å². The van der Waals surface area contributed by atoms with Crippen LogP contribution in [0.15, 0.2) is 32.1 Å². The molecule has 2 aliphatic rings. The number of nitrogens with one attached hydrogen (secondary N) is 2. The van der Waals surface area contributed by atoms with Crippen LogP contribution in [-0.2, 0) is 19.2 Å². The van der Waals surface area contributed by atoms with Crippen LogP contribution in [0, 0.1) is 5.41 Å². The van der Waals surface area contributed by atoms with Crippen LogP contribution in [-0.4, -0.2) is 68.6 Å². The molecule has 15 heteroatoms. The average molecular weight is 512 g/mol. The van der Waals surface area contributed by atoms with Crippen molar-refractivity contribution in [3.05, 3.63) is 32.7 Å². The molecule has 0 aromatic carbocycles. The zero-order valence-electron chi connectivity index (χ0n) is 17.5. The fourth-order valence-electron chi connectivity index (χ4n) is 3.10. The molecule has 12 nitrogen and oxygen atoms in total. The van der Waals surface area contributed by atoms with E-state index in [9.17, 15) is 19.5 Å². The minimum absolute atomic E-state index is 0.154. The summed E-state index contributed by atoms with van der Waals surface area (Å²) in [4.78, 5) is 48.3. The number of anilines is 1. The van der Waals surface area contributed by atoms with Gasteiger partial charge in [-0.3, -0.25) is 19.9 Å². The van der Waals surface area contributed by atoms with E-state index in [1.165, 1.54) is 24.3 Å². The van der Waals surface area contributed by atoms with E-state index < -0.39 is 29.2 Å². The maximum Gasteiger partial charge on any atom is 0.353 e. The van der Waals surface area contributed by atoms with E-state index >= 15 is 0 Å². The second-order valence-corrected chi connectivity index (χ2v) is 9.76. The molecule has 0 aliphatic carbocycles. The number of fused-ring (bicyclic) bond motifs is 1. The van der Waals surface area contributed by atoms with Gasteiger partial charge >= 0.3 is 5.97 Å². The third-order valence-corrected chi connectivity index (χ3v) is 7.80. The number of rotatable bonds is 9. The largest absolute Gasteiger partial charge is 0.477 e. The number of hydrogen-bond donors (Lipinski definition) is 5. The fraction of sp³-hybridized carbons (Fsp3) is 0.333. The minimum atomic E-state index is -1.28. The molecule has 2 aliphatic heterocycles. The van der Waals surface area contributed by atoms with Crippen molar-refractivity contribution in [1.82, 2.24) is 15.2 Å². The highest BCUT2D eigenvalue weighted by Gasteiger charge is 2.54. The Morgan fingerprint density at radius 3 is 2.82 bits per heavy atom. The molecule has 0 bridgehead atoms. The van der Waals surface area contributed by atoms with Gasteiger partial charge in [0.25, 0.3) is 11.8 Å². The van der Waals surface area contributed by atoms with Crippen LogP contribution in [0.3, 0.4) is 0 Å². The number of nitrogens with two attached hydrogens (primary N) is 2. The maximum atomic E-state index is 12.9. The zero-order valence-corrected chi connectivity index (χ0v) is 20.0. The number of allylic oxidation sites excluding steroid dienone is 1. The molecule has 1 aromatic heterocycles. The second kappa shape index (κ2) is 10.3. The quantitative estimate of drug-likeness (QED) is 0.136. The van der Waals surface area contributed by atoms with E-state index in [-0.39, 0.29) is 33.8 Å². The number of β-lactam (4-membered cyclic amide) rings is 1. The molecule has 0 saturated carbocycles. The SMILES string of the molecule is CC/C=C(\SC1=C(C(=O)O)N2C(=O)C(NC(=O)/C(=N\OC)c3csc(N)n3)C2SC1)C(=N)N. The zero-order chi connectivity index (χ0) is 24.3. The van der Waals surface area contributed by atoms with Gasteiger partial charge in [-0.25, -0.2) is 9.78 Å². The molecule has 1 saturated heterocycles. The predicted molar refractivity (Wildman–Crippen MR) is 128 cm³/mol. The van der Waals surface area contributed by atoms with Crippen LogP contribution in [0.2, 0.25) is 0 Å². The summed E-state index contributed by atoms with van der Waals surface area (Å²) in [6.07, 6.45) is 2.33. The Morgan fingerprint density at radius 2 is 2.27 bits per heavy atom. The third kappa shape index (κ3) is 4.99. The number of carboxylic acids is 1. The highest BCUT2D eigenvalue weighted by Crippen LogP contribution is 2.45. The van der Waals surface area contributed by atoms with Crippen molar-refractivity contribution in [3.8, 4) is 0 Å². The van der Waals surface area contributed by atoms with Gasteiger partial charge in [0.05, 0.1) is 0 Å². The lowest BCUT2D eigenvalue weighted by Crippen LogP contribution is -2.71. The Kier molecular flexibility index (Phi) is 7.65. The van der Waals surface area contributed by atoms with Crippen LogP contribution in [0.1, 0.15) is 19.0 Å². The summed E-state index contributed by atoms with van der Waals surface area (Å²) in [6, 6.07) is -0.958. The van der Waals surface area contributed by atoms with Crippen LogP contribution in [0.5, 0.6) is 0 Å². The van der Waals surface area contributed by atoms with Crippen LogP contribution in [0.4, 0.5) is 5.13 Å². The number of nitrogen functional groups attached to an aromatic ring is 1. The summed E-state index contributed by atoms with van der Waals surface area (Å²) < 4.78 is 0. The number of aromatic nitrogens is 1. The summed E-state index contributed by atoms with van der Waals surface area (Å²) in [7, 11) is 1.27. The number of oxime groups is 1. The van der Waals surface area contributed by atoms with Crippen LogP contribution < -0.4 is 16.8 Å². The summed E-state index contributed by atoms with van der Waals surface area (Å²) in [5.41, 5.74) is 11.1. The Labute approximate surface area is 201 Å². The van der Waals surface area contributed by atoms with E-state index in [1.54, 1.807) is 6.08 Å². The van der Waals surface area contributed by atoms with Crippen molar-refractivity contribution in [2.24, 2.45) is 10.9 Å². The highest BCUT2D eigenvalue weighted by atomic mass is 32.2. The number of aliphatic carboxylic acids is 1. The van der Waals surface area contributed by atoms with E-state index in [0.29, 0.717) is 16.2 Å². The van der Waals surface area contributed by atoms with Crippen molar-refractivity contribution >= 4 is 69.3 Å². The number of amidine groups is 1. The molecule has 0 radical (unpaired) electrons. The van der Waals surface area contributed by atoms with E-state index in [4.69, 9.17) is 21.7 Å². The number of thiazole rings is 1. The molecule has 2 atom stereocenters. The molecule has 2 amide bonds. The van der Waals surface area contributed by atoms with Crippen molar-refractivity contribution in [2.75, 3.05) is 18.6 Å². The molecule has 1 aromatic rings. The highest BCUT2D eigenvalue weighted by molar-refractivity contribution is 8.09. The molecular weight excluding hydrogens is 490 g/mol. The molecule has 176 valence electrons. The topological polar surface area (TPSA) is 197 Å². The molecule has 33 heavy (non-hydrogen) atoms. The average Bonchev–Trinajstić information content (AvgIpc) is 3.20. The first-order valence-electron chi connectivity index (χ1n) is 9.46. The lowest BCUT2D eigenvalue weighted by molar-refractivity contribution is -0.150. The van der Waals surface area contributed by atoms with Gasteiger partial charge in [0.15, 0.2) is 10.8 Å². The standard InChI is InChI=1S/C18H21N7O5S3/c1-3-4-8(13(19)20)33-9-6-31-16-11(15(27)25(16)12(9)17(28)29)23-14(26)10(24-30-2)7-5-32-18(21)22-7/h4-5,11,16H,3,6H2,1-2H3,(H3,19,20)(H2,21,22)(H,23,26)(H,28,29)/b8-4-,24-10-.